The molecule has 0 bridgehead atoms. The molecule has 0 aromatic heterocycles. The van der Waals surface area contributed by atoms with Crippen molar-refractivity contribution < 1.29 is 19.1 Å². The van der Waals surface area contributed by atoms with E-state index < -0.39 is 5.97 Å². The Labute approximate surface area is 180 Å². The lowest BCUT2D eigenvalue weighted by molar-refractivity contribution is -0.131. The molecule has 0 aliphatic carbocycles. The molecule has 0 heterocycles. The summed E-state index contributed by atoms with van der Waals surface area (Å²) < 4.78 is 13.0. The summed E-state index contributed by atoms with van der Waals surface area (Å²) in [5.74, 6) is -1.27. The minimum Gasteiger partial charge on any atom is -0.478 e. The molecule has 2 amide bonds. The van der Waals surface area contributed by atoms with E-state index in [0.29, 0.717) is 13.0 Å². The highest BCUT2D eigenvalue weighted by atomic mass is 19.1. The minimum absolute atomic E-state index is 0.228. The first-order chi connectivity index (χ1) is 14.9. The highest BCUT2D eigenvalue weighted by Crippen LogP contribution is 2.25. The number of carbonyl (C=O) groups is 2. The zero-order chi connectivity index (χ0) is 22.2. The molecule has 2 N–H and O–H groups in total. The van der Waals surface area contributed by atoms with Gasteiger partial charge in [0.1, 0.15) is 5.82 Å². The van der Waals surface area contributed by atoms with Crippen LogP contribution in [-0.4, -0.2) is 30.7 Å². The predicted molar refractivity (Wildman–Crippen MR) is 120 cm³/mol. The Kier molecular flexibility index (Phi) is 7.17. The van der Waals surface area contributed by atoms with Gasteiger partial charge in [-0.05, 0) is 59.0 Å². The van der Waals surface area contributed by atoms with Gasteiger partial charge in [0.2, 0.25) is 0 Å². The van der Waals surface area contributed by atoms with Crippen molar-refractivity contribution in [3.05, 3.63) is 95.8 Å². The number of urea groups is 1. The molecule has 158 valence electrons. The van der Waals surface area contributed by atoms with Gasteiger partial charge >= 0.3 is 12.0 Å². The van der Waals surface area contributed by atoms with Crippen LogP contribution in [0.15, 0.2) is 78.9 Å². The third-order valence-electron chi connectivity index (χ3n) is 4.80. The number of aliphatic carboxylic acids is 1. The second kappa shape index (κ2) is 10.2. The Morgan fingerprint density at radius 2 is 1.71 bits per heavy atom. The Morgan fingerprint density at radius 1 is 1.00 bits per heavy atom. The van der Waals surface area contributed by atoms with Crippen molar-refractivity contribution in [2.24, 2.45) is 0 Å². The molecule has 3 aromatic rings. The summed E-state index contributed by atoms with van der Waals surface area (Å²) in [5.41, 5.74) is 4.39. The van der Waals surface area contributed by atoms with Gasteiger partial charge in [0.25, 0.3) is 0 Å². The van der Waals surface area contributed by atoms with E-state index >= 15 is 0 Å². The number of benzene rings is 3. The Balaban J connectivity index is 1.62. The van der Waals surface area contributed by atoms with E-state index in [1.54, 1.807) is 19.2 Å². The number of hydrogen-bond donors (Lipinski definition) is 2. The van der Waals surface area contributed by atoms with Gasteiger partial charge < -0.3 is 10.4 Å². The third kappa shape index (κ3) is 6.27. The van der Waals surface area contributed by atoms with Gasteiger partial charge in [-0.2, -0.15) is 0 Å². The maximum absolute atomic E-state index is 13.0. The fourth-order valence-corrected chi connectivity index (χ4v) is 3.05. The van der Waals surface area contributed by atoms with Gasteiger partial charge in [0.05, 0.1) is 0 Å². The first-order valence-electron chi connectivity index (χ1n) is 9.80. The lowest BCUT2D eigenvalue weighted by Crippen LogP contribution is -2.38. The number of hydrogen-bond acceptors (Lipinski definition) is 2. The van der Waals surface area contributed by atoms with Crippen LogP contribution in [0.25, 0.3) is 17.2 Å². The number of nitrogens with one attached hydrogen (secondary N) is 1. The maximum Gasteiger partial charge on any atom is 0.328 e. The molecule has 31 heavy (non-hydrogen) atoms. The number of amides is 2. The van der Waals surface area contributed by atoms with E-state index in [2.05, 4.69) is 5.32 Å². The normalized spacial score (nSPS) is 10.8. The van der Waals surface area contributed by atoms with Crippen LogP contribution in [-0.2, 0) is 11.2 Å². The van der Waals surface area contributed by atoms with Gasteiger partial charge in [-0.15, -0.1) is 0 Å². The lowest BCUT2D eigenvalue weighted by Gasteiger charge is -2.19. The number of nitrogens with zero attached hydrogens (tertiary/aromatic N) is 1. The Bertz CT molecular complexity index is 1080. The van der Waals surface area contributed by atoms with Crippen LogP contribution in [0.2, 0.25) is 0 Å². The van der Waals surface area contributed by atoms with Crippen LogP contribution in [0.3, 0.4) is 0 Å². The van der Waals surface area contributed by atoms with E-state index in [9.17, 15) is 14.0 Å². The van der Waals surface area contributed by atoms with E-state index in [4.69, 9.17) is 5.11 Å². The van der Waals surface area contributed by atoms with Crippen molar-refractivity contribution in [1.29, 1.82) is 0 Å². The molecule has 3 aromatic carbocycles. The molecule has 3 rings (SSSR count). The highest BCUT2D eigenvalue weighted by Gasteiger charge is 2.11. The predicted octanol–water partition coefficient (Wildman–Crippen LogP) is 4.98. The first-order valence-corrected chi connectivity index (χ1v) is 9.80. The average Bonchev–Trinajstić information content (AvgIpc) is 2.79. The molecule has 0 spiro atoms. The average molecular weight is 418 g/mol. The van der Waals surface area contributed by atoms with Gasteiger partial charge in [0.15, 0.2) is 0 Å². The largest absolute Gasteiger partial charge is 0.478 e. The molecule has 5 nitrogen and oxygen atoms in total. The van der Waals surface area contributed by atoms with Crippen LogP contribution >= 0.6 is 0 Å². The summed E-state index contributed by atoms with van der Waals surface area (Å²) in [4.78, 5) is 24.7. The van der Waals surface area contributed by atoms with Crippen molar-refractivity contribution in [1.82, 2.24) is 5.32 Å². The van der Waals surface area contributed by atoms with Gasteiger partial charge in [-0.25, -0.2) is 14.0 Å². The Hall–Kier alpha value is -3.93. The fourth-order valence-electron chi connectivity index (χ4n) is 3.05. The van der Waals surface area contributed by atoms with Crippen LogP contribution < -0.4 is 10.2 Å². The molecule has 0 atom stereocenters. The summed E-state index contributed by atoms with van der Waals surface area (Å²) in [6.07, 6.45) is 3.24. The van der Waals surface area contributed by atoms with Crippen LogP contribution in [0.5, 0.6) is 0 Å². The smallest absolute Gasteiger partial charge is 0.328 e. The zero-order valence-corrected chi connectivity index (χ0v) is 17.1. The molecule has 6 heteroatoms. The number of carboxylic acid groups (broad SMARTS) is 1. The number of halogens is 1. The van der Waals surface area contributed by atoms with Gasteiger partial charge in [-0.1, -0.05) is 48.5 Å². The van der Waals surface area contributed by atoms with Crippen LogP contribution in [0, 0.1) is 5.82 Å². The number of rotatable bonds is 7. The first kappa shape index (κ1) is 21.8. The number of carbonyl (C=O) groups excluding carboxylic acids is 1. The summed E-state index contributed by atoms with van der Waals surface area (Å²) in [5, 5.41) is 11.6. The Morgan fingerprint density at radius 3 is 2.39 bits per heavy atom. The minimum atomic E-state index is -0.990. The fraction of sp³-hybridized carbons (Fsp3) is 0.120. The molecular formula is C25H23FN2O3. The molecule has 0 saturated carbocycles. The van der Waals surface area contributed by atoms with Gasteiger partial charge in [-0.3, -0.25) is 4.90 Å². The summed E-state index contributed by atoms with van der Waals surface area (Å²) in [7, 11) is 1.70. The SMILES string of the molecule is CN(C(=O)NCCc1ccc(F)cc1)c1cccc(-c2ccc(C=CC(=O)O)cc2)c1. The maximum atomic E-state index is 13.0. The van der Waals surface area contributed by atoms with Crippen molar-refractivity contribution >= 4 is 23.8 Å². The summed E-state index contributed by atoms with van der Waals surface area (Å²) >= 11 is 0. The molecule has 0 fully saturated rings. The quantitative estimate of drug-likeness (QED) is 0.532. The highest BCUT2D eigenvalue weighted by molar-refractivity contribution is 5.92. The topological polar surface area (TPSA) is 69.6 Å². The van der Waals surface area contributed by atoms with Crippen LogP contribution in [0.1, 0.15) is 11.1 Å². The molecule has 0 aliphatic rings. The number of carboxylic acids is 1. The second-order valence-corrected chi connectivity index (χ2v) is 7.01. The standard InChI is InChI=1S/C25H23FN2O3/c1-28(25(31)27-16-15-19-7-12-22(26)13-8-19)23-4-2-3-21(17-23)20-10-5-18(6-11-20)9-14-24(29)30/h2-14,17H,15-16H2,1H3,(H,27,31)(H,29,30). The number of anilines is 1. The van der Waals surface area contributed by atoms with E-state index in [0.717, 1.165) is 34.0 Å². The molecule has 0 aliphatic heterocycles. The molecule has 0 radical (unpaired) electrons. The molecule has 0 saturated heterocycles. The summed E-state index contributed by atoms with van der Waals surface area (Å²) in [6.45, 7) is 0.444. The lowest BCUT2D eigenvalue weighted by atomic mass is 10.0. The van der Waals surface area contributed by atoms with Crippen molar-refractivity contribution in [2.75, 3.05) is 18.5 Å². The van der Waals surface area contributed by atoms with E-state index in [1.807, 2.05) is 48.5 Å². The molecular weight excluding hydrogens is 395 g/mol. The zero-order valence-electron chi connectivity index (χ0n) is 17.1. The second-order valence-electron chi connectivity index (χ2n) is 7.01. The van der Waals surface area contributed by atoms with E-state index in [-0.39, 0.29) is 11.8 Å². The summed E-state index contributed by atoms with van der Waals surface area (Å²) in [6, 6.07) is 21.1. The van der Waals surface area contributed by atoms with Gasteiger partial charge in [0, 0.05) is 25.4 Å². The third-order valence-corrected chi connectivity index (χ3v) is 4.80. The van der Waals surface area contributed by atoms with Crippen molar-refractivity contribution in [3.63, 3.8) is 0 Å². The van der Waals surface area contributed by atoms with E-state index in [1.165, 1.54) is 23.1 Å². The van der Waals surface area contributed by atoms with Crippen molar-refractivity contribution in [3.8, 4) is 11.1 Å². The molecule has 0 unspecified atom stereocenters. The van der Waals surface area contributed by atoms with Crippen molar-refractivity contribution in [2.45, 2.75) is 6.42 Å². The monoisotopic (exact) mass is 418 g/mol. The van der Waals surface area contributed by atoms with Crippen LogP contribution in [0.4, 0.5) is 14.9 Å².